The SMILES string of the molecule is C=C(OC)c1cc(C(=C)O)n2nccc2n1. The molecule has 82 valence electrons. The van der Waals surface area contributed by atoms with Crippen molar-refractivity contribution in [2.75, 3.05) is 7.11 Å². The van der Waals surface area contributed by atoms with Gasteiger partial charge in [-0.05, 0) is 6.07 Å². The third kappa shape index (κ3) is 1.52. The van der Waals surface area contributed by atoms with Gasteiger partial charge < -0.3 is 9.84 Å². The predicted molar refractivity (Wildman–Crippen MR) is 60.7 cm³/mol. The van der Waals surface area contributed by atoms with E-state index in [0.29, 0.717) is 22.8 Å². The van der Waals surface area contributed by atoms with Crippen molar-refractivity contribution in [3.05, 3.63) is 42.9 Å². The van der Waals surface area contributed by atoms with E-state index in [-0.39, 0.29) is 5.76 Å². The summed E-state index contributed by atoms with van der Waals surface area (Å²) in [4.78, 5) is 4.27. The lowest BCUT2D eigenvalue weighted by molar-refractivity contribution is 0.369. The number of rotatable bonds is 3. The lowest BCUT2D eigenvalue weighted by atomic mass is 10.2. The molecular weight excluding hydrogens is 206 g/mol. The van der Waals surface area contributed by atoms with Gasteiger partial charge in [-0.15, -0.1) is 0 Å². The normalized spacial score (nSPS) is 10.3. The summed E-state index contributed by atoms with van der Waals surface area (Å²) in [7, 11) is 1.51. The average molecular weight is 217 g/mol. The monoisotopic (exact) mass is 217 g/mol. The van der Waals surface area contributed by atoms with Gasteiger partial charge in [0.1, 0.15) is 22.9 Å². The first-order valence-electron chi connectivity index (χ1n) is 4.60. The molecule has 0 spiro atoms. The van der Waals surface area contributed by atoms with Crippen molar-refractivity contribution in [1.82, 2.24) is 14.6 Å². The van der Waals surface area contributed by atoms with E-state index in [1.54, 1.807) is 18.3 Å². The van der Waals surface area contributed by atoms with E-state index in [0.717, 1.165) is 0 Å². The van der Waals surface area contributed by atoms with Crippen LogP contribution >= 0.6 is 0 Å². The fourth-order valence-corrected chi connectivity index (χ4v) is 1.37. The molecule has 0 amide bonds. The summed E-state index contributed by atoms with van der Waals surface area (Å²) in [5, 5.41) is 13.5. The van der Waals surface area contributed by atoms with E-state index in [4.69, 9.17) is 4.74 Å². The third-order valence-electron chi connectivity index (χ3n) is 2.19. The Kier molecular flexibility index (Phi) is 2.36. The summed E-state index contributed by atoms with van der Waals surface area (Å²) in [6, 6.07) is 3.34. The van der Waals surface area contributed by atoms with Gasteiger partial charge in [0.15, 0.2) is 5.65 Å². The van der Waals surface area contributed by atoms with Gasteiger partial charge in [0, 0.05) is 6.07 Å². The van der Waals surface area contributed by atoms with Crippen LogP contribution in [-0.4, -0.2) is 26.8 Å². The summed E-state index contributed by atoms with van der Waals surface area (Å²) in [6.45, 7) is 7.19. The molecular formula is C11H11N3O2. The van der Waals surface area contributed by atoms with Crippen molar-refractivity contribution in [2.24, 2.45) is 0 Å². The van der Waals surface area contributed by atoms with Crippen LogP contribution in [-0.2, 0) is 4.74 Å². The average Bonchev–Trinajstić information content (AvgIpc) is 2.74. The molecule has 0 aliphatic carbocycles. The highest BCUT2D eigenvalue weighted by molar-refractivity contribution is 5.63. The Morgan fingerprint density at radius 2 is 2.25 bits per heavy atom. The van der Waals surface area contributed by atoms with Crippen LogP contribution in [0, 0.1) is 0 Å². The summed E-state index contributed by atoms with van der Waals surface area (Å²) in [5.41, 5.74) is 1.60. The second kappa shape index (κ2) is 3.69. The zero-order valence-corrected chi connectivity index (χ0v) is 8.84. The van der Waals surface area contributed by atoms with Gasteiger partial charge in [-0.3, -0.25) is 0 Å². The number of aliphatic hydroxyl groups excluding tert-OH is 1. The molecule has 5 heteroatoms. The number of methoxy groups -OCH3 is 1. The highest BCUT2D eigenvalue weighted by atomic mass is 16.5. The van der Waals surface area contributed by atoms with Crippen LogP contribution < -0.4 is 0 Å². The first-order chi connectivity index (χ1) is 7.63. The topological polar surface area (TPSA) is 59.7 Å². The molecule has 2 rings (SSSR count). The van der Waals surface area contributed by atoms with E-state index in [2.05, 4.69) is 23.2 Å². The maximum atomic E-state index is 9.47. The summed E-state index contributed by atoms with van der Waals surface area (Å²) < 4.78 is 6.49. The Bertz CT molecular complexity index is 572. The number of ether oxygens (including phenoxy) is 1. The van der Waals surface area contributed by atoms with E-state index < -0.39 is 0 Å². The van der Waals surface area contributed by atoms with E-state index in [1.807, 2.05) is 0 Å². The van der Waals surface area contributed by atoms with Crippen LogP contribution in [0.25, 0.3) is 17.2 Å². The second-order valence-electron chi connectivity index (χ2n) is 3.20. The van der Waals surface area contributed by atoms with Crippen LogP contribution in [0.2, 0.25) is 0 Å². The Balaban J connectivity index is 2.71. The number of aliphatic hydroxyl groups is 1. The third-order valence-corrected chi connectivity index (χ3v) is 2.19. The molecule has 0 saturated carbocycles. The standard InChI is InChI=1S/C11H11N3O2/c1-7(15)10-6-9(8(2)16-3)13-11-4-5-12-14(10)11/h4-6,15H,1-2H2,3H3. The van der Waals surface area contributed by atoms with Gasteiger partial charge in [-0.25, -0.2) is 9.50 Å². The van der Waals surface area contributed by atoms with Gasteiger partial charge in [0.05, 0.1) is 13.3 Å². The lowest BCUT2D eigenvalue weighted by Crippen LogP contribution is -2.02. The van der Waals surface area contributed by atoms with Gasteiger partial charge in [0.25, 0.3) is 0 Å². The number of hydrogen-bond acceptors (Lipinski definition) is 4. The fraction of sp³-hybridized carbons (Fsp3) is 0.0909. The van der Waals surface area contributed by atoms with Crippen LogP contribution in [0.4, 0.5) is 0 Å². The molecule has 2 heterocycles. The minimum Gasteiger partial charge on any atom is -0.506 e. The molecule has 0 radical (unpaired) electrons. The Hall–Kier alpha value is -2.30. The van der Waals surface area contributed by atoms with Gasteiger partial charge in [-0.1, -0.05) is 13.2 Å². The largest absolute Gasteiger partial charge is 0.506 e. The van der Waals surface area contributed by atoms with Crippen molar-refractivity contribution in [2.45, 2.75) is 0 Å². The molecule has 0 fully saturated rings. The van der Waals surface area contributed by atoms with Crippen LogP contribution in [0.15, 0.2) is 31.5 Å². The van der Waals surface area contributed by atoms with E-state index in [9.17, 15) is 5.11 Å². The van der Waals surface area contributed by atoms with Gasteiger partial charge in [-0.2, -0.15) is 5.10 Å². The maximum absolute atomic E-state index is 9.47. The molecule has 0 aromatic carbocycles. The number of nitrogens with zero attached hydrogens (tertiary/aromatic N) is 3. The molecule has 0 unspecified atom stereocenters. The van der Waals surface area contributed by atoms with Crippen molar-refractivity contribution in [1.29, 1.82) is 0 Å². The molecule has 0 atom stereocenters. The molecule has 1 N–H and O–H groups in total. The van der Waals surface area contributed by atoms with Crippen molar-refractivity contribution in [3.63, 3.8) is 0 Å². The van der Waals surface area contributed by atoms with Crippen molar-refractivity contribution < 1.29 is 9.84 Å². The van der Waals surface area contributed by atoms with Gasteiger partial charge in [0.2, 0.25) is 0 Å². The second-order valence-corrected chi connectivity index (χ2v) is 3.20. The Morgan fingerprint density at radius 3 is 2.88 bits per heavy atom. The summed E-state index contributed by atoms with van der Waals surface area (Å²) in [5.74, 6) is 0.340. The van der Waals surface area contributed by atoms with E-state index in [1.165, 1.54) is 11.6 Å². The van der Waals surface area contributed by atoms with Crippen LogP contribution in [0.5, 0.6) is 0 Å². The van der Waals surface area contributed by atoms with Gasteiger partial charge >= 0.3 is 0 Å². The molecule has 5 nitrogen and oxygen atoms in total. The lowest BCUT2D eigenvalue weighted by Gasteiger charge is -2.07. The quantitative estimate of drug-likeness (QED) is 0.797. The van der Waals surface area contributed by atoms with Crippen LogP contribution in [0.3, 0.4) is 0 Å². The molecule has 2 aromatic heterocycles. The maximum Gasteiger partial charge on any atom is 0.156 e. The summed E-state index contributed by atoms with van der Waals surface area (Å²) >= 11 is 0. The minimum absolute atomic E-state index is 0.0822. The molecule has 0 bridgehead atoms. The Morgan fingerprint density at radius 1 is 1.50 bits per heavy atom. The first-order valence-corrected chi connectivity index (χ1v) is 4.60. The molecule has 16 heavy (non-hydrogen) atoms. The molecule has 0 aliphatic heterocycles. The van der Waals surface area contributed by atoms with Crippen LogP contribution in [0.1, 0.15) is 11.4 Å². The molecule has 0 saturated heterocycles. The number of aromatic nitrogens is 3. The predicted octanol–water partition coefficient (Wildman–Crippen LogP) is 1.88. The van der Waals surface area contributed by atoms with Crippen molar-refractivity contribution in [3.8, 4) is 0 Å². The fourth-order valence-electron chi connectivity index (χ4n) is 1.37. The number of fused-ring (bicyclic) bond motifs is 1. The highest BCUT2D eigenvalue weighted by Crippen LogP contribution is 2.17. The smallest absolute Gasteiger partial charge is 0.156 e. The number of hydrogen-bond donors (Lipinski definition) is 1. The zero-order chi connectivity index (χ0) is 11.7. The first kappa shape index (κ1) is 10.2. The van der Waals surface area contributed by atoms with E-state index >= 15 is 0 Å². The zero-order valence-electron chi connectivity index (χ0n) is 8.84. The van der Waals surface area contributed by atoms with Crippen molar-refractivity contribution >= 4 is 17.2 Å². The Labute approximate surface area is 92.3 Å². The highest BCUT2D eigenvalue weighted by Gasteiger charge is 2.10. The molecule has 0 aliphatic rings. The molecule has 2 aromatic rings. The minimum atomic E-state index is -0.0822. The summed E-state index contributed by atoms with van der Waals surface area (Å²) in [6.07, 6.45) is 1.59.